The lowest BCUT2D eigenvalue weighted by Crippen LogP contribution is -2.37. The van der Waals surface area contributed by atoms with Crippen LogP contribution in [0.5, 0.6) is 17.2 Å². The van der Waals surface area contributed by atoms with Crippen molar-refractivity contribution >= 4 is 29.1 Å². The normalized spacial score (nSPS) is 18.1. The van der Waals surface area contributed by atoms with Gasteiger partial charge in [-0.2, -0.15) is 5.26 Å². The fourth-order valence-corrected chi connectivity index (χ4v) is 5.85. The highest BCUT2D eigenvalue weighted by atomic mass is 32.2. The summed E-state index contributed by atoms with van der Waals surface area (Å²) in [5.74, 6) is 1.11. The first-order valence-electron chi connectivity index (χ1n) is 12.7. The molecule has 39 heavy (non-hydrogen) atoms. The minimum absolute atomic E-state index is 0.0126. The van der Waals surface area contributed by atoms with Crippen molar-refractivity contribution < 1.29 is 23.8 Å². The van der Waals surface area contributed by atoms with Crippen molar-refractivity contribution in [1.29, 1.82) is 5.26 Å². The van der Waals surface area contributed by atoms with E-state index < -0.39 is 5.92 Å². The van der Waals surface area contributed by atoms with Crippen molar-refractivity contribution in [2.45, 2.75) is 39.5 Å². The third-order valence-corrected chi connectivity index (χ3v) is 7.68. The molecule has 1 aliphatic heterocycles. The van der Waals surface area contributed by atoms with Crippen molar-refractivity contribution in [3.05, 3.63) is 69.9 Å². The van der Waals surface area contributed by atoms with Crippen molar-refractivity contribution in [3.8, 4) is 23.3 Å². The molecule has 8 nitrogen and oxygen atoms in total. The van der Waals surface area contributed by atoms with Crippen molar-refractivity contribution in [2.75, 3.05) is 31.9 Å². The summed E-state index contributed by atoms with van der Waals surface area (Å²) < 4.78 is 16.4. The van der Waals surface area contributed by atoms with E-state index in [1.807, 2.05) is 19.1 Å². The first-order chi connectivity index (χ1) is 18.7. The van der Waals surface area contributed by atoms with Gasteiger partial charge < -0.3 is 24.8 Å². The molecule has 0 aromatic heterocycles. The quantitative estimate of drug-likeness (QED) is 0.421. The SMILES string of the molecule is CCOc1ccc(NC(=O)CSC2=C(C#N)C(c3ccc(OC)c(OC)c3)C3=C(CC(C)(C)CC3=O)N2)cc1. The van der Waals surface area contributed by atoms with Crippen LogP contribution in [0.1, 0.15) is 45.1 Å². The number of benzene rings is 2. The van der Waals surface area contributed by atoms with Crippen LogP contribution in [0.4, 0.5) is 5.69 Å². The molecule has 0 radical (unpaired) electrons. The van der Waals surface area contributed by atoms with Gasteiger partial charge in [-0.1, -0.05) is 31.7 Å². The molecular formula is C30H33N3O5S. The van der Waals surface area contributed by atoms with Crippen LogP contribution in [0, 0.1) is 16.7 Å². The number of amides is 1. The van der Waals surface area contributed by atoms with Gasteiger partial charge in [-0.3, -0.25) is 9.59 Å². The Morgan fingerprint density at radius 3 is 2.49 bits per heavy atom. The highest BCUT2D eigenvalue weighted by molar-refractivity contribution is 8.03. The molecule has 0 saturated heterocycles. The fourth-order valence-electron chi connectivity index (χ4n) is 4.99. The second-order valence-corrected chi connectivity index (χ2v) is 11.1. The topological polar surface area (TPSA) is 110 Å². The molecule has 2 aliphatic rings. The molecule has 1 atom stereocenters. The molecule has 0 fully saturated rings. The van der Waals surface area contributed by atoms with E-state index >= 15 is 0 Å². The van der Waals surface area contributed by atoms with Crippen LogP contribution in [0.2, 0.25) is 0 Å². The van der Waals surface area contributed by atoms with E-state index in [0.717, 1.165) is 17.0 Å². The third kappa shape index (κ3) is 6.23. The van der Waals surface area contributed by atoms with Gasteiger partial charge in [-0.15, -0.1) is 0 Å². The molecule has 1 heterocycles. The molecule has 2 N–H and O–H groups in total. The van der Waals surface area contributed by atoms with Crippen LogP contribution in [-0.4, -0.2) is 38.3 Å². The van der Waals surface area contributed by atoms with Crippen LogP contribution in [0.3, 0.4) is 0 Å². The monoisotopic (exact) mass is 547 g/mol. The minimum atomic E-state index is -0.577. The number of anilines is 1. The molecule has 9 heteroatoms. The summed E-state index contributed by atoms with van der Waals surface area (Å²) in [6.07, 6.45) is 1.04. The van der Waals surface area contributed by atoms with Crippen LogP contribution < -0.4 is 24.8 Å². The van der Waals surface area contributed by atoms with Crippen molar-refractivity contribution in [2.24, 2.45) is 5.41 Å². The molecule has 0 bridgehead atoms. The van der Waals surface area contributed by atoms with Gasteiger partial charge in [0.25, 0.3) is 0 Å². The zero-order chi connectivity index (χ0) is 28.2. The minimum Gasteiger partial charge on any atom is -0.494 e. The predicted molar refractivity (Wildman–Crippen MR) is 152 cm³/mol. The lowest BCUT2D eigenvalue weighted by Gasteiger charge is -2.39. The molecule has 0 saturated carbocycles. The lowest BCUT2D eigenvalue weighted by atomic mass is 9.69. The van der Waals surface area contributed by atoms with Gasteiger partial charge in [0.2, 0.25) is 5.91 Å². The lowest BCUT2D eigenvalue weighted by molar-refractivity contribution is -0.118. The number of hydrogen-bond acceptors (Lipinski definition) is 8. The van der Waals surface area contributed by atoms with Crippen LogP contribution in [0.25, 0.3) is 0 Å². The zero-order valence-electron chi connectivity index (χ0n) is 22.8. The van der Waals surface area contributed by atoms with Crippen LogP contribution in [-0.2, 0) is 9.59 Å². The fraction of sp³-hybridized carbons (Fsp3) is 0.367. The summed E-state index contributed by atoms with van der Waals surface area (Å²) in [4.78, 5) is 26.3. The third-order valence-electron chi connectivity index (χ3n) is 6.66. The Balaban J connectivity index is 1.64. The molecule has 1 aliphatic carbocycles. The van der Waals surface area contributed by atoms with Gasteiger partial charge in [0, 0.05) is 23.4 Å². The van der Waals surface area contributed by atoms with Gasteiger partial charge in [0.05, 0.1) is 49.2 Å². The number of allylic oxidation sites excluding steroid dienone is 3. The van der Waals surface area contributed by atoms with Gasteiger partial charge in [0.15, 0.2) is 17.3 Å². The number of dihydropyridines is 1. The molecule has 1 unspecified atom stereocenters. The van der Waals surface area contributed by atoms with Crippen LogP contribution in [0.15, 0.2) is 64.3 Å². The maximum Gasteiger partial charge on any atom is 0.234 e. The second-order valence-electron chi connectivity index (χ2n) is 10.2. The average Bonchev–Trinajstić information content (AvgIpc) is 2.91. The molecule has 1 amide bonds. The Hall–Kier alpha value is -3.90. The number of Topliss-reactive ketones (excluding diaryl/α,β-unsaturated/α-hetero) is 1. The number of nitrogens with one attached hydrogen (secondary N) is 2. The number of methoxy groups -OCH3 is 2. The Labute approximate surface area is 233 Å². The maximum atomic E-state index is 13.4. The van der Waals surface area contributed by atoms with Gasteiger partial charge >= 0.3 is 0 Å². The number of rotatable bonds is 9. The number of nitrogens with zero attached hydrogens (tertiary/aromatic N) is 1. The largest absolute Gasteiger partial charge is 0.494 e. The van der Waals surface area contributed by atoms with E-state index in [-0.39, 0.29) is 22.9 Å². The molecule has 2 aromatic rings. The molecular weight excluding hydrogens is 514 g/mol. The molecule has 2 aromatic carbocycles. The standard InChI is InChI=1S/C30H33N3O5S/c1-6-38-20-10-8-19(9-11-20)32-26(35)17-39-29-21(16-31)27(18-7-12-24(36-4)25(13-18)37-5)28-22(33-29)14-30(2,3)15-23(28)34/h7-13,27,33H,6,14-15,17H2,1-5H3,(H,32,35). The number of ketones is 1. The summed E-state index contributed by atoms with van der Waals surface area (Å²) in [6, 6.07) is 14.9. The molecule has 0 spiro atoms. The van der Waals surface area contributed by atoms with E-state index in [1.54, 1.807) is 44.6 Å². The van der Waals surface area contributed by atoms with E-state index in [0.29, 0.717) is 52.8 Å². The number of ether oxygens (including phenoxy) is 3. The first kappa shape index (κ1) is 28.1. The molecule has 4 rings (SSSR count). The average molecular weight is 548 g/mol. The van der Waals surface area contributed by atoms with Gasteiger partial charge in [-0.05, 0) is 60.7 Å². The summed E-state index contributed by atoms with van der Waals surface area (Å²) in [6.45, 7) is 6.59. The van der Waals surface area contributed by atoms with E-state index in [2.05, 4.69) is 30.6 Å². The van der Waals surface area contributed by atoms with E-state index in [9.17, 15) is 14.9 Å². The molecule has 204 valence electrons. The Kier molecular flexibility index (Phi) is 8.56. The number of thioether (sulfide) groups is 1. The Morgan fingerprint density at radius 2 is 1.85 bits per heavy atom. The van der Waals surface area contributed by atoms with Gasteiger partial charge in [0.1, 0.15) is 5.75 Å². The maximum absolute atomic E-state index is 13.4. The summed E-state index contributed by atoms with van der Waals surface area (Å²) in [5, 5.41) is 17.1. The summed E-state index contributed by atoms with van der Waals surface area (Å²) >= 11 is 1.25. The second kappa shape index (κ2) is 11.9. The van der Waals surface area contributed by atoms with Crippen molar-refractivity contribution in [3.63, 3.8) is 0 Å². The summed E-state index contributed by atoms with van der Waals surface area (Å²) in [5.41, 5.74) is 2.97. The first-order valence-corrected chi connectivity index (χ1v) is 13.7. The van der Waals surface area contributed by atoms with Crippen LogP contribution >= 0.6 is 11.8 Å². The highest BCUT2D eigenvalue weighted by Crippen LogP contribution is 2.48. The van der Waals surface area contributed by atoms with E-state index in [1.165, 1.54) is 11.8 Å². The van der Waals surface area contributed by atoms with Gasteiger partial charge in [-0.25, -0.2) is 0 Å². The Morgan fingerprint density at radius 1 is 1.13 bits per heavy atom. The predicted octanol–water partition coefficient (Wildman–Crippen LogP) is 5.54. The number of carbonyl (C=O) groups is 2. The number of carbonyl (C=O) groups excluding carboxylic acids is 2. The zero-order valence-corrected chi connectivity index (χ0v) is 23.7. The number of nitriles is 1. The smallest absolute Gasteiger partial charge is 0.234 e. The van der Waals surface area contributed by atoms with Crippen molar-refractivity contribution in [1.82, 2.24) is 5.32 Å². The number of hydrogen-bond donors (Lipinski definition) is 2. The summed E-state index contributed by atoms with van der Waals surface area (Å²) in [7, 11) is 3.11. The Bertz CT molecular complexity index is 1370. The van der Waals surface area contributed by atoms with E-state index in [4.69, 9.17) is 14.2 Å². The highest BCUT2D eigenvalue weighted by Gasteiger charge is 2.42.